The highest BCUT2D eigenvalue weighted by atomic mass is 35.5. The molecule has 0 bridgehead atoms. The third-order valence-corrected chi connectivity index (χ3v) is 5.33. The number of nitrogens with one attached hydrogen (secondary N) is 1. The lowest BCUT2D eigenvalue weighted by molar-refractivity contribution is -0.127. The van der Waals surface area contributed by atoms with Crippen LogP contribution in [0.1, 0.15) is 37.3 Å². The van der Waals surface area contributed by atoms with E-state index in [9.17, 15) is 4.79 Å². The Bertz CT molecular complexity index is 817. The van der Waals surface area contributed by atoms with Gasteiger partial charge < -0.3 is 19.7 Å². The number of carbonyl (C=O) groups is 1. The van der Waals surface area contributed by atoms with Crippen molar-refractivity contribution >= 4 is 29.9 Å². The van der Waals surface area contributed by atoms with E-state index in [4.69, 9.17) is 21.1 Å². The lowest BCUT2D eigenvalue weighted by atomic mass is 10.1. The molecule has 1 aliphatic heterocycles. The molecule has 7 heteroatoms. The largest absolute Gasteiger partial charge is 0.490 e. The van der Waals surface area contributed by atoms with Gasteiger partial charge in [-0.3, -0.25) is 4.79 Å². The number of para-hydroxylation sites is 1. The Morgan fingerprint density at radius 1 is 1.10 bits per heavy atom. The van der Waals surface area contributed by atoms with Crippen LogP contribution >= 0.6 is 24.0 Å². The third-order valence-electron chi connectivity index (χ3n) is 4.96. The van der Waals surface area contributed by atoms with Crippen LogP contribution in [0.2, 0.25) is 5.02 Å². The summed E-state index contributed by atoms with van der Waals surface area (Å²) >= 11 is 6.26. The number of ether oxygens (including phenoxy) is 2. The van der Waals surface area contributed by atoms with E-state index < -0.39 is 0 Å². The normalized spacial score (nSPS) is 13.3. The van der Waals surface area contributed by atoms with Crippen LogP contribution in [0.25, 0.3) is 0 Å². The van der Waals surface area contributed by atoms with Crippen molar-refractivity contribution in [3.63, 3.8) is 0 Å². The molecule has 0 saturated carbocycles. The second kappa shape index (κ2) is 12.7. The van der Waals surface area contributed by atoms with E-state index in [0.29, 0.717) is 31.2 Å². The summed E-state index contributed by atoms with van der Waals surface area (Å²) < 4.78 is 11.9. The molecule has 164 valence electrons. The van der Waals surface area contributed by atoms with Gasteiger partial charge in [0.1, 0.15) is 6.61 Å². The van der Waals surface area contributed by atoms with Gasteiger partial charge in [0.05, 0.1) is 6.61 Å². The van der Waals surface area contributed by atoms with Crippen molar-refractivity contribution in [3.05, 3.63) is 58.6 Å². The van der Waals surface area contributed by atoms with Gasteiger partial charge in [-0.1, -0.05) is 41.9 Å². The summed E-state index contributed by atoms with van der Waals surface area (Å²) in [6.07, 6.45) is 2.62. The van der Waals surface area contributed by atoms with Crippen molar-refractivity contribution in [1.29, 1.82) is 0 Å². The van der Waals surface area contributed by atoms with E-state index >= 15 is 0 Å². The lowest BCUT2D eigenvalue weighted by Crippen LogP contribution is -2.28. The van der Waals surface area contributed by atoms with Gasteiger partial charge in [0.25, 0.3) is 0 Å². The standard InChI is InChI=1S/C23H29ClN2O3.ClH/c1-2-28-21-11-5-9-18(16-25-13-7-15-26-14-6-12-22(26)27)23(21)29-17-19-8-3-4-10-20(19)24;/h3-5,8-11,25H,2,6-7,12-17H2,1H3;1H. The van der Waals surface area contributed by atoms with Gasteiger partial charge in [0.15, 0.2) is 11.5 Å². The van der Waals surface area contributed by atoms with Crippen molar-refractivity contribution < 1.29 is 14.3 Å². The number of likely N-dealkylation sites (tertiary alicyclic amines) is 1. The molecule has 3 rings (SSSR count). The molecular weight excluding hydrogens is 423 g/mol. The van der Waals surface area contributed by atoms with E-state index in [1.54, 1.807) is 0 Å². The van der Waals surface area contributed by atoms with Gasteiger partial charge in [0, 0.05) is 42.2 Å². The number of carbonyl (C=O) groups excluding carboxylic acids is 1. The number of hydrogen-bond donors (Lipinski definition) is 1. The van der Waals surface area contributed by atoms with Crippen LogP contribution in [0.3, 0.4) is 0 Å². The summed E-state index contributed by atoms with van der Waals surface area (Å²) in [5.41, 5.74) is 1.98. The highest BCUT2D eigenvalue weighted by Gasteiger charge is 2.19. The zero-order chi connectivity index (χ0) is 20.5. The number of rotatable bonds is 11. The van der Waals surface area contributed by atoms with Crippen molar-refractivity contribution in [3.8, 4) is 11.5 Å². The summed E-state index contributed by atoms with van der Waals surface area (Å²) in [4.78, 5) is 13.6. The molecular formula is C23H30Cl2N2O3. The second-order valence-electron chi connectivity index (χ2n) is 7.07. The van der Waals surface area contributed by atoms with E-state index in [0.717, 1.165) is 55.1 Å². The number of hydrogen-bond acceptors (Lipinski definition) is 4. The zero-order valence-corrected chi connectivity index (χ0v) is 18.9. The van der Waals surface area contributed by atoms with Crippen LogP contribution in [0.15, 0.2) is 42.5 Å². The average molecular weight is 453 g/mol. The number of halogens is 2. The quantitative estimate of drug-likeness (QED) is 0.495. The Kier molecular flexibility index (Phi) is 10.3. The number of amides is 1. The van der Waals surface area contributed by atoms with Gasteiger partial charge in [-0.2, -0.15) is 0 Å². The molecule has 0 aromatic heterocycles. The minimum atomic E-state index is 0. The van der Waals surface area contributed by atoms with Crippen LogP contribution in [0.4, 0.5) is 0 Å². The summed E-state index contributed by atoms with van der Waals surface area (Å²) in [5, 5.41) is 4.15. The molecule has 1 amide bonds. The fourth-order valence-corrected chi connectivity index (χ4v) is 3.65. The Morgan fingerprint density at radius 3 is 2.63 bits per heavy atom. The summed E-state index contributed by atoms with van der Waals surface area (Å²) in [6.45, 7) is 6.15. The maximum Gasteiger partial charge on any atom is 0.222 e. The molecule has 30 heavy (non-hydrogen) atoms. The number of benzene rings is 2. The Balaban J connectivity index is 0.00000320. The van der Waals surface area contributed by atoms with Crippen molar-refractivity contribution in [1.82, 2.24) is 10.2 Å². The molecule has 0 aliphatic carbocycles. The minimum Gasteiger partial charge on any atom is -0.490 e. The average Bonchev–Trinajstić information content (AvgIpc) is 3.13. The SMILES string of the molecule is CCOc1cccc(CNCCCN2CCCC2=O)c1OCc1ccccc1Cl.Cl. The van der Waals surface area contributed by atoms with Crippen LogP contribution < -0.4 is 14.8 Å². The smallest absolute Gasteiger partial charge is 0.222 e. The van der Waals surface area contributed by atoms with E-state index in [1.165, 1.54) is 0 Å². The third kappa shape index (κ3) is 6.79. The summed E-state index contributed by atoms with van der Waals surface area (Å²) in [5.74, 6) is 1.77. The Morgan fingerprint density at radius 2 is 1.90 bits per heavy atom. The first-order chi connectivity index (χ1) is 14.2. The molecule has 5 nitrogen and oxygen atoms in total. The first-order valence-corrected chi connectivity index (χ1v) is 10.7. The number of nitrogens with zero attached hydrogens (tertiary/aromatic N) is 1. The Labute approximate surface area is 190 Å². The molecule has 0 spiro atoms. The second-order valence-corrected chi connectivity index (χ2v) is 7.48. The first-order valence-electron chi connectivity index (χ1n) is 10.3. The van der Waals surface area contributed by atoms with Crippen LogP contribution in [-0.2, 0) is 17.9 Å². The van der Waals surface area contributed by atoms with E-state index in [1.807, 2.05) is 54.3 Å². The molecule has 0 atom stereocenters. The van der Waals surface area contributed by atoms with Crippen molar-refractivity contribution in [2.75, 3.05) is 26.2 Å². The topological polar surface area (TPSA) is 50.8 Å². The highest BCUT2D eigenvalue weighted by Crippen LogP contribution is 2.32. The molecule has 2 aromatic rings. The molecule has 1 fully saturated rings. The highest BCUT2D eigenvalue weighted by molar-refractivity contribution is 6.31. The molecule has 1 aliphatic rings. The molecule has 1 N–H and O–H groups in total. The molecule has 1 saturated heterocycles. The molecule has 0 radical (unpaired) electrons. The fraction of sp³-hybridized carbons (Fsp3) is 0.435. The van der Waals surface area contributed by atoms with Crippen LogP contribution in [-0.4, -0.2) is 37.0 Å². The molecule has 2 aromatic carbocycles. The summed E-state index contributed by atoms with van der Waals surface area (Å²) in [7, 11) is 0. The monoisotopic (exact) mass is 452 g/mol. The van der Waals surface area contributed by atoms with Crippen molar-refractivity contribution in [2.24, 2.45) is 0 Å². The predicted molar refractivity (Wildman–Crippen MR) is 123 cm³/mol. The first kappa shape index (κ1) is 24.3. The minimum absolute atomic E-state index is 0. The van der Waals surface area contributed by atoms with Gasteiger partial charge in [-0.15, -0.1) is 12.4 Å². The van der Waals surface area contributed by atoms with Crippen molar-refractivity contribution in [2.45, 2.75) is 39.3 Å². The molecule has 0 unspecified atom stereocenters. The summed E-state index contributed by atoms with van der Waals surface area (Å²) in [6, 6.07) is 13.6. The van der Waals surface area contributed by atoms with Gasteiger partial charge >= 0.3 is 0 Å². The van der Waals surface area contributed by atoms with Crippen LogP contribution in [0.5, 0.6) is 11.5 Å². The van der Waals surface area contributed by atoms with E-state index in [-0.39, 0.29) is 18.3 Å². The predicted octanol–water partition coefficient (Wildman–Crippen LogP) is 4.84. The maximum atomic E-state index is 11.7. The van der Waals surface area contributed by atoms with Gasteiger partial charge in [-0.25, -0.2) is 0 Å². The van der Waals surface area contributed by atoms with Gasteiger partial charge in [-0.05, 0) is 38.4 Å². The Hall–Kier alpha value is -1.95. The van der Waals surface area contributed by atoms with E-state index in [2.05, 4.69) is 5.32 Å². The van der Waals surface area contributed by atoms with Crippen LogP contribution in [0, 0.1) is 0 Å². The lowest BCUT2D eigenvalue weighted by Gasteiger charge is -2.18. The fourth-order valence-electron chi connectivity index (χ4n) is 3.46. The molecule has 1 heterocycles. The van der Waals surface area contributed by atoms with Gasteiger partial charge in [0.2, 0.25) is 5.91 Å². The zero-order valence-electron chi connectivity index (χ0n) is 17.4. The maximum absolute atomic E-state index is 11.7.